The van der Waals surface area contributed by atoms with Crippen LogP contribution in [0, 0.1) is 13.8 Å². The lowest BCUT2D eigenvalue weighted by Crippen LogP contribution is -2.04. The van der Waals surface area contributed by atoms with Crippen molar-refractivity contribution in [1.82, 2.24) is 4.98 Å². The minimum atomic E-state index is -0.927. The van der Waals surface area contributed by atoms with Crippen molar-refractivity contribution in [3.63, 3.8) is 0 Å². The second kappa shape index (κ2) is 5.13. The number of aryl methyl sites for hydroxylation is 2. The molecule has 5 heteroatoms. The van der Waals surface area contributed by atoms with Crippen molar-refractivity contribution in [3.8, 4) is 10.6 Å². The van der Waals surface area contributed by atoms with E-state index < -0.39 is 5.97 Å². The first-order valence-electron chi connectivity index (χ1n) is 6.37. The third-order valence-corrected chi connectivity index (χ3v) is 4.69. The number of thiazole rings is 1. The molecule has 0 bridgehead atoms. The normalized spacial score (nSPS) is 11.0. The fourth-order valence-corrected chi connectivity index (χ4v) is 3.60. The van der Waals surface area contributed by atoms with Gasteiger partial charge in [0.05, 0.1) is 15.8 Å². The summed E-state index contributed by atoms with van der Waals surface area (Å²) in [4.78, 5) is 16.2. The number of fused-ring (bicyclic) bond motifs is 1. The van der Waals surface area contributed by atoms with E-state index in [1.54, 1.807) is 13.0 Å². The van der Waals surface area contributed by atoms with E-state index in [1.807, 2.05) is 31.2 Å². The molecule has 1 aromatic heterocycles. The predicted molar refractivity (Wildman–Crippen MR) is 86.5 cm³/mol. The molecule has 0 saturated carbocycles. The highest BCUT2D eigenvalue weighted by Crippen LogP contribution is 2.36. The largest absolute Gasteiger partial charge is 0.478 e. The van der Waals surface area contributed by atoms with Gasteiger partial charge in [-0.3, -0.25) is 0 Å². The average Bonchev–Trinajstić information content (AvgIpc) is 2.83. The molecule has 21 heavy (non-hydrogen) atoms. The molecule has 0 aliphatic rings. The Morgan fingerprint density at radius 3 is 2.62 bits per heavy atom. The molecule has 0 atom stereocenters. The van der Waals surface area contributed by atoms with Gasteiger partial charge >= 0.3 is 5.97 Å². The molecule has 106 valence electrons. The van der Waals surface area contributed by atoms with Crippen molar-refractivity contribution in [2.75, 3.05) is 0 Å². The molecular formula is C16H12ClNO2S. The van der Waals surface area contributed by atoms with Crippen LogP contribution in [0.25, 0.3) is 20.8 Å². The minimum Gasteiger partial charge on any atom is -0.478 e. The van der Waals surface area contributed by atoms with Crippen LogP contribution in [0.1, 0.15) is 21.5 Å². The smallest absolute Gasteiger partial charge is 0.336 e. The van der Waals surface area contributed by atoms with E-state index in [2.05, 4.69) is 4.98 Å². The maximum absolute atomic E-state index is 11.6. The maximum atomic E-state index is 11.6. The monoisotopic (exact) mass is 317 g/mol. The third kappa shape index (κ3) is 2.41. The fourth-order valence-electron chi connectivity index (χ4n) is 2.37. The van der Waals surface area contributed by atoms with Crippen molar-refractivity contribution in [3.05, 3.63) is 52.0 Å². The van der Waals surface area contributed by atoms with E-state index in [-0.39, 0.29) is 0 Å². The average molecular weight is 318 g/mol. The zero-order valence-corrected chi connectivity index (χ0v) is 13.0. The van der Waals surface area contributed by atoms with Crippen LogP contribution in [0.4, 0.5) is 0 Å². The highest BCUT2D eigenvalue weighted by molar-refractivity contribution is 7.21. The number of hydrogen-bond acceptors (Lipinski definition) is 3. The van der Waals surface area contributed by atoms with Gasteiger partial charge in [-0.25, -0.2) is 9.78 Å². The Hall–Kier alpha value is -1.91. The van der Waals surface area contributed by atoms with Gasteiger partial charge in [-0.05, 0) is 43.2 Å². The topological polar surface area (TPSA) is 50.2 Å². The SMILES string of the molecule is Cc1ccc(C)c(-c2nc3cc(Cl)ccc3s2)c1C(=O)O. The molecule has 0 amide bonds. The van der Waals surface area contributed by atoms with Gasteiger partial charge in [0, 0.05) is 10.6 Å². The Bertz CT molecular complexity index is 870. The van der Waals surface area contributed by atoms with Crippen molar-refractivity contribution in [2.24, 2.45) is 0 Å². The van der Waals surface area contributed by atoms with Gasteiger partial charge in [0.15, 0.2) is 0 Å². The van der Waals surface area contributed by atoms with E-state index in [0.717, 1.165) is 21.3 Å². The molecule has 0 radical (unpaired) electrons. The number of benzene rings is 2. The summed E-state index contributed by atoms with van der Waals surface area (Å²) in [5.41, 5.74) is 3.45. The molecule has 0 aliphatic carbocycles. The molecule has 3 rings (SSSR count). The fraction of sp³-hybridized carbons (Fsp3) is 0.125. The third-order valence-electron chi connectivity index (χ3n) is 3.40. The van der Waals surface area contributed by atoms with Gasteiger partial charge in [-0.15, -0.1) is 11.3 Å². The molecule has 0 saturated heterocycles. The summed E-state index contributed by atoms with van der Waals surface area (Å²) in [5.74, 6) is -0.927. The molecule has 1 N–H and O–H groups in total. The van der Waals surface area contributed by atoms with E-state index in [0.29, 0.717) is 21.2 Å². The Morgan fingerprint density at radius 1 is 1.19 bits per heavy atom. The Balaban J connectivity index is 2.32. The van der Waals surface area contributed by atoms with Gasteiger partial charge < -0.3 is 5.11 Å². The van der Waals surface area contributed by atoms with Crippen LogP contribution < -0.4 is 0 Å². The van der Waals surface area contributed by atoms with E-state index in [1.165, 1.54) is 11.3 Å². The standard InChI is InChI=1S/C16H12ClNO2S/c1-8-3-4-9(2)14(16(19)20)13(8)15-18-11-7-10(17)5-6-12(11)21-15/h3-7H,1-2H3,(H,19,20). The van der Waals surface area contributed by atoms with Gasteiger partial charge in [0.2, 0.25) is 0 Å². The van der Waals surface area contributed by atoms with Gasteiger partial charge in [0.25, 0.3) is 0 Å². The summed E-state index contributed by atoms with van der Waals surface area (Å²) in [6.07, 6.45) is 0. The number of rotatable bonds is 2. The number of halogens is 1. The predicted octanol–water partition coefficient (Wildman–Crippen LogP) is 4.93. The van der Waals surface area contributed by atoms with Crippen LogP contribution in [0.3, 0.4) is 0 Å². The highest BCUT2D eigenvalue weighted by atomic mass is 35.5. The van der Waals surface area contributed by atoms with Crippen molar-refractivity contribution in [2.45, 2.75) is 13.8 Å². The second-order valence-electron chi connectivity index (χ2n) is 4.89. The van der Waals surface area contributed by atoms with Gasteiger partial charge in [0.1, 0.15) is 5.01 Å². The minimum absolute atomic E-state index is 0.320. The number of aromatic carboxylic acids is 1. The van der Waals surface area contributed by atoms with Crippen LogP contribution in [-0.4, -0.2) is 16.1 Å². The first-order chi connectivity index (χ1) is 9.97. The Kier molecular flexibility index (Phi) is 3.43. The number of aromatic nitrogens is 1. The van der Waals surface area contributed by atoms with Crippen molar-refractivity contribution in [1.29, 1.82) is 0 Å². The summed E-state index contributed by atoms with van der Waals surface area (Å²) in [7, 11) is 0. The van der Waals surface area contributed by atoms with E-state index in [9.17, 15) is 9.90 Å². The second-order valence-corrected chi connectivity index (χ2v) is 6.35. The molecule has 0 spiro atoms. The highest BCUT2D eigenvalue weighted by Gasteiger charge is 2.19. The quantitative estimate of drug-likeness (QED) is 0.729. The molecule has 3 nitrogen and oxygen atoms in total. The summed E-state index contributed by atoms with van der Waals surface area (Å²) in [5, 5.41) is 10.8. The van der Waals surface area contributed by atoms with Crippen molar-refractivity contribution >= 4 is 39.1 Å². The van der Waals surface area contributed by atoms with Gasteiger partial charge in [-0.1, -0.05) is 23.7 Å². The molecule has 0 aliphatic heterocycles. The molecular weight excluding hydrogens is 306 g/mol. The van der Waals surface area contributed by atoms with Gasteiger partial charge in [-0.2, -0.15) is 0 Å². The number of nitrogens with zero attached hydrogens (tertiary/aromatic N) is 1. The Labute approximate surface area is 130 Å². The first-order valence-corrected chi connectivity index (χ1v) is 7.57. The Morgan fingerprint density at radius 2 is 1.90 bits per heavy atom. The van der Waals surface area contributed by atoms with Crippen LogP contribution in [-0.2, 0) is 0 Å². The lowest BCUT2D eigenvalue weighted by atomic mass is 9.98. The van der Waals surface area contributed by atoms with Crippen LogP contribution in [0.5, 0.6) is 0 Å². The summed E-state index contributed by atoms with van der Waals surface area (Å²) >= 11 is 7.46. The number of carboxylic acid groups (broad SMARTS) is 1. The maximum Gasteiger partial charge on any atom is 0.336 e. The zero-order valence-electron chi connectivity index (χ0n) is 11.5. The zero-order chi connectivity index (χ0) is 15.1. The molecule has 3 aromatic rings. The van der Waals surface area contributed by atoms with Crippen molar-refractivity contribution < 1.29 is 9.90 Å². The van der Waals surface area contributed by atoms with Crippen LogP contribution in [0.2, 0.25) is 5.02 Å². The first kappa shape index (κ1) is 14.0. The van der Waals surface area contributed by atoms with Crippen LogP contribution in [0.15, 0.2) is 30.3 Å². The number of carbonyl (C=O) groups is 1. The summed E-state index contributed by atoms with van der Waals surface area (Å²) in [6, 6.07) is 9.27. The number of carboxylic acids is 1. The lowest BCUT2D eigenvalue weighted by molar-refractivity contribution is 0.0697. The molecule has 0 fully saturated rings. The van der Waals surface area contributed by atoms with E-state index in [4.69, 9.17) is 11.6 Å². The molecule has 2 aromatic carbocycles. The number of hydrogen-bond donors (Lipinski definition) is 1. The molecule has 1 heterocycles. The molecule has 0 unspecified atom stereocenters. The lowest BCUT2D eigenvalue weighted by Gasteiger charge is -2.09. The van der Waals surface area contributed by atoms with E-state index >= 15 is 0 Å². The summed E-state index contributed by atoms with van der Waals surface area (Å²) < 4.78 is 0.992. The summed E-state index contributed by atoms with van der Waals surface area (Å²) in [6.45, 7) is 3.71. The van der Waals surface area contributed by atoms with Crippen LogP contribution >= 0.6 is 22.9 Å².